The van der Waals surface area contributed by atoms with Crippen molar-refractivity contribution >= 4 is 5.91 Å². The van der Waals surface area contributed by atoms with Gasteiger partial charge in [-0.3, -0.25) is 4.79 Å². The zero-order valence-corrected chi connectivity index (χ0v) is 13.1. The average Bonchev–Trinajstić information content (AvgIpc) is 2.53. The molecule has 5 nitrogen and oxygen atoms in total. The molecule has 118 valence electrons. The minimum Gasteiger partial charge on any atom is -0.396 e. The van der Waals surface area contributed by atoms with Crippen LogP contribution in [-0.4, -0.2) is 35.1 Å². The summed E-state index contributed by atoms with van der Waals surface area (Å²) in [4.78, 5) is 14.2. The zero-order chi connectivity index (χ0) is 16.4. The van der Waals surface area contributed by atoms with Gasteiger partial charge in [0.25, 0.3) is 5.91 Å². The second-order valence-corrected chi connectivity index (χ2v) is 5.21. The fraction of sp³-hybridized carbons (Fsp3) is 0.412. The zero-order valence-electron chi connectivity index (χ0n) is 13.1. The molecule has 0 aliphatic rings. The standard InChI is InChI=1S/C17H23N3O2/c1-14(2)20(13-15-7-4-3-5-8-15)17(22)16(11-18)12-19-9-6-10-21/h3-5,7-8,12,14,19,21H,6,9-10,13H2,1-2H3/b16-12-. The molecule has 22 heavy (non-hydrogen) atoms. The van der Waals surface area contributed by atoms with Gasteiger partial charge < -0.3 is 15.3 Å². The van der Waals surface area contributed by atoms with Crippen molar-refractivity contribution in [1.29, 1.82) is 5.26 Å². The number of carbonyl (C=O) groups excluding carboxylic acids is 1. The lowest BCUT2D eigenvalue weighted by molar-refractivity contribution is -0.129. The van der Waals surface area contributed by atoms with Gasteiger partial charge in [0.2, 0.25) is 0 Å². The molecule has 0 aliphatic heterocycles. The van der Waals surface area contributed by atoms with E-state index in [0.29, 0.717) is 19.5 Å². The maximum atomic E-state index is 12.5. The molecule has 5 heteroatoms. The lowest BCUT2D eigenvalue weighted by Gasteiger charge is -2.26. The molecule has 0 atom stereocenters. The molecular weight excluding hydrogens is 278 g/mol. The number of aliphatic hydroxyl groups is 1. The molecule has 1 rings (SSSR count). The summed E-state index contributed by atoms with van der Waals surface area (Å²) < 4.78 is 0. The summed E-state index contributed by atoms with van der Waals surface area (Å²) in [5, 5.41) is 20.8. The Bertz CT molecular complexity index is 533. The van der Waals surface area contributed by atoms with Crippen LogP contribution < -0.4 is 5.32 Å². The summed E-state index contributed by atoms with van der Waals surface area (Å²) in [5.74, 6) is -0.294. The third-order valence-electron chi connectivity index (χ3n) is 3.16. The molecule has 0 aliphatic carbocycles. The molecule has 0 unspecified atom stereocenters. The van der Waals surface area contributed by atoms with Gasteiger partial charge in [-0.2, -0.15) is 5.26 Å². The number of benzene rings is 1. The molecule has 0 radical (unpaired) electrons. The van der Waals surface area contributed by atoms with Crippen molar-refractivity contribution < 1.29 is 9.90 Å². The lowest BCUT2D eigenvalue weighted by atomic mass is 10.1. The first-order chi connectivity index (χ1) is 10.6. The highest BCUT2D eigenvalue weighted by molar-refractivity contribution is 5.97. The fourth-order valence-electron chi connectivity index (χ4n) is 1.92. The van der Waals surface area contributed by atoms with E-state index < -0.39 is 0 Å². The Hall–Kier alpha value is -2.32. The van der Waals surface area contributed by atoms with E-state index in [0.717, 1.165) is 5.56 Å². The van der Waals surface area contributed by atoms with Gasteiger partial charge in [-0.15, -0.1) is 0 Å². The van der Waals surface area contributed by atoms with E-state index in [4.69, 9.17) is 5.11 Å². The van der Waals surface area contributed by atoms with E-state index in [1.54, 1.807) is 4.90 Å². The molecule has 0 spiro atoms. The molecular formula is C17H23N3O2. The lowest BCUT2D eigenvalue weighted by Crippen LogP contribution is -2.37. The maximum Gasteiger partial charge on any atom is 0.266 e. The Morgan fingerprint density at radius 3 is 2.64 bits per heavy atom. The first-order valence-corrected chi connectivity index (χ1v) is 7.39. The Morgan fingerprint density at radius 1 is 1.41 bits per heavy atom. The Balaban J connectivity index is 2.81. The van der Waals surface area contributed by atoms with E-state index in [1.807, 2.05) is 50.2 Å². The quantitative estimate of drug-likeness (QED) is 0.436. The number of aliphatic hydroxyl groups excluding tert-OH is 1. The van der Waals surface area contributed by atoms with E-state index in [-0.39, 0.29) is 24.1 Å². The molecule has 1 amide bonds. The summed E-state index contributed by atoms with van der Waals surface area (Å²) in [6.07, 6.45) is 2.00. The predicted molar refractivity (Wildman–Crippen MR) is 85.5 cm³/mol. The van der Waals surface area contributed by atoms with Crippen molar-refractivity contribution in [3.63, 3.8) is 0 Å². The molecule has 0 fully saturated rings. The van der Waals surface area contributed by atoms with Gasteiger partial charge >= 0.3 is 0 Å². The summed E-state index contributed by atoms with van der Waals surface area (Å²) in [6, 6.07) is 11.6. The number of amides is 1. The highest BCUT2D eigenvalue weighted by atomic mass is 16.3. The number of nitrogens with zero attached hydrogens (tertiary/aromatic N) is 2. The fourth-order valence-corrected chi connectivity index (χ4v) is 1.92. The van der Waals surface area contributed by atoms with Gasteiger partial charge in [-0.1, -0.05) is 30.3 Å². The summed E-state index contributed by atoms with van der Waals surface area (Å²) >= 11 is 0. The van der Waals surface area contributed by atoms with Gasteiger partial charge in [0.15, 0.2) is 0 Å². The van der Waals surface area contributed by atoms with Gasteiger partial charge in [0.05, 0.1) is 0 Å². The average molecular weight is 301 g/mol. The molecule has 1 aromatic rings. The van der Waals surface area contributed by atoms with Crippen molar-refractivity contribution in [2.45, 2.75) is 32.9 Å². The summed E-state index contributed by atoms with van der Waals surface area (Å²) in [6.45, 7) is 4.91. The predicted octanol–water partition coefficient (Wildman–Crippen LogP) is 1.80. The third-order valence-corrected chi connectivity index (χ3v) is 3.16. The van der Waals surface area contributed by atoms with Crippen molar-refractivity contribution in [3.05, 3.63) is 47.7 Å². The monoisotopic (exact) mass is 301 g/mol. The van der Waals surface area contributed by atoms with Crippen molar-refractivity contribution in [3.8, 4) is 6.07 Å². The van der Waals surface area contributed by atoms with Crippen LogP contribution in [0.2, 0.25) is 0 Å². The number of hydrogen-bond acceptors (Lipinski definition) is 4. The summed E-state index contributed by atoms with van der Waals surface area (Å²) in [7, 11) is 0. The van der Waals surface area contributed by atoms with Crippen LogP contribution in [0.1, 0.15) is 25.8 Å². The van der Waals surface area contributed by atoms with E-state index >= 15 is 0 Å². The number of nitrogens with one attached hydrogen (secondary N) is 1. The number of hydrogen-bond donors (Lipinski definition) is 2. The maximum absolute atomic E-state index is 12.5. The van der Waals surface area contributed by atoms with E-state index in [1.165, 1.54) is 6.20 Å². The summed E-state index contributed by atoms with van der Waals surface area (Å²) in [5.41, 5.74) is 1.10. The van der Waals surface area contributed by atoms with Crippen LogP contribution in [-0.2, 0) is 11.3 Å². The van der Waals surface area contributed by atoms with Crippen LogP contribution >= 0.6 is 0 Å². The van der Waals surface area contributed by atoms with Crippen LogP contribution in [0.25, 0.3) is 0 Å². The molecule has 2 N–H and O–H groups in total. The molecule has 0 aromatic heterocycles. The number of carbonyl (C=O) groups is 1. The highest BCUT2D eigenvalue weighted by Gasteiger charge is 2.21. The van der Waals surface area contributed by atoms with Crippen molar-refractivity contribution in [1.82, 2.24) is 10.2 Å². The second-order valence-electron chi connectivity index (χ2n) is 5.21. The van der Waals surface area contributed by atoms with Crippen LogP contribution in [0.4, 0.5) is 0 Å². The molecule has 0 saturated carbocycles. The topological polar surface area (TPSA) is 76.4 Å². The highest BCUT2D eigenvalue weighted by Crippen LogP contribution is 2.12. The Labute approximate surface area is 131 Å². The largest absolute Gasteiger partial charge is 0.396 e. The molecule has 0 saturated heterocycles. The first-order valence-electron chi connectivity index (χ1n) is 7.39. The van der Waals surface area contributed by atoms with Crippen LogP contribution in [0.3, 0.4) is 0 Å². The van der Waals surface area contributed by atoms with Gasteiger partial charge in [0, 0.05) is 31.9 Å². The Morgan fingerprint density at radius 2 is 2.09 bits per heavy atom. The van der Waals surface area contributed by atoms with Gasteiger partial charge in [0.1, 0.15) is 11.6 Å². The van der Waals surface area contributed by atoms with Crippen LogP contribution in [0, 0.1) is 11.3 Å². The molecule has 0 bridgehead atoms. The van der Waals surface area contributed by atoms with Gasteiger partial charge in [-0.05, 0) is 25.8 Å². The van der Waals surface area contributed by atoms with Gasteiger partial charge in [-0.25, -0.2) is 0 Å². The number of nitriles is 1. The minimum absolute atomic E-state index is 0.0121. The van der Waals surface area contributed by atoms with Crippen LogP contribution in [0.15, 0.2) is 42.1 Å². The van der Waals surface area contributed by atoms with Crippen molar-refractivity contribution in [2.24, 2.45) is 0 Å². The Kier molecular flexibility index (Phi) is 7.73. The number of rotatable bonds is 8. The second kappa shape index (κ2) is 9.59. The first kappa shape index (κ1) is 17.7. The van der Waals surface area contributed by atoms with E-state index in [9.17, 15) is 10.1 Å². The van der Waals surface area contributed by atoms with Crippen molar-refractivity contribution in [2.75, 3.05) is 13.2 Å². The van der Waals surface area contributed by atoms with Crippen LogP contribution in [0.5, 0.6) is 0 Å². The SMILES string of the molecule is CC(C)N(Cc1ccccc1)C(=O)/C(C#N)=C\NCCCO. The minimum atomic E-state index is -0.294. The normalized spacial score (nSPS) is 11.1. The van der Waals surface area contributed by atoms with E-state index in [2.05, 4.69) is 5.32 Å². The third kappa shape index (κ3) is 5.58. The molecule has 0 heterocycles. The smallest absolute Gasteiger partial charge is 0.266 e. The molecule has 1 aromatic carbocycles.